The number of carbonyl (C=O) groups is 1. The Bertz CT molecular complexity index is 1260. The maximum Gasteiger partial charge on any atom is 0.244 e. The van der Waals surface area contributed by atoms with Crippen molar-refractivity contribution >= 4 is 31.6 Å². The number of nitrogens with zero attached hydrogens (tertiary/aromatic N) is 1. The number of carbonyl (C=O) groups excluding carboxylic acids is 1. The molecule has 0 unspecified atom stereocenters. The van der Waals surface area contributed by atoms with E-state index in [2.05, 4.69) is 4.72 Å². The standard InChI is InChI=1S/C21H26N2O8S2/c1-14-13-32(25,26)23(21(14)24)16-5-7-19(31-4)20(12-16)33(27,28)22-10-9-15-11-17(29-2)6-8-18(15)30-3/h5-8,11-12,14,22H,9-10,13H2,1-4H3/t14-/m0/s1. The molecule has 0 spiro atoms. The summed E-state index contributed by atoms with van der Waals surface area (Å²) in [4.78, 5) is 12.1. The average Bonchev–Trinajstić information content (AvgIpc) is 2.99. The lowest BCUT2D eigenvalue weighted by molar-refractivity contribution is -0.119. The SMILES string of the molecule is COc1ccc(OC)c(CCNS(=O)(=O)c2cc(N3C(=O)[C@@H](C)CS3(=O)=O)ccc2OC)c1. The second-order valence-electron chi connectivity index (χ2n) is 7.44. The van der Waals surface area contributed by atoms with Crippen molar-refractivity contribution in [3.63, 3.8) is 0 Å². The van der Waals surface area contributed by atoms with E-state index in [0.717, 1.165) is 11.6 Å². The molecule has 2 aromatic rings. The summed E-state index contributed by atoms with van der Waals surface area (Å²) in [5.74, 6) is -0.451. The number of ether oxygens (including phenoxy) is 3. The Labute approximate surface area is 193 Å². The van der Waals surface area contributed by atoms with Gasteiger partial charge in [-0.15, -0.1) is 0 Å². The fourth-order valence-electron chi connectivity index (χ4n) is 3.56. The van der Waals surface area contributed by atoms with E-state index >= 15 is 0 Å². The van der Waals surface area contributed by atoms with Crippen LogP contribution in [0.4, 0.5) is 5.69 Å². The Hall–Kier alpha value is -2.83. The maximum atomic E-state index is 13.1. The Morgan fingerprint density at radius 3 is 2.27 bits per heavy atom. The second-order valence-corrected chi connectivity index (χ2v) is 11.0. The van der Waals surface area contributed by atoms with Crippen molar-refractivity contribution in [2.24, 2.45) is 5.92 Å². The van der Waals surface area contributed by atoms with Gasteiger partial charge in [0.2, 0.25) is 26.0 Å². The summed E-state index contributed by atoms with van der Waals surface area (Å²) >= 11 is 0. The number of hydrogen-bond donors (Lipinski definition) is 1. The van der Waals surface area contributed by atoms with Gasteiger partial charge in [0.1, 0.15) is 22.1 Å². The van der Waals surface area contributed by atoms with E-state index in [0.29, 0.717) is 22.2 Å². The second kappa shape index (κ2) is 9.57. The van der Waals surface area contributed by atoms with Crippen LogP contribution in [0.2, 0.25) is 0 Å². The first kappa shape index (κ1) is 24.8. The van der Waals surface area contributed by atoms with E-state index in [1.165, 1.54) is 40.4 Å². The molecule has 0 aromatic heterocycles. The van der Waals surface area contributed by atoms with Crippen LogP contribution in [-0.2, 0) is 31.3 Å². The molecule has 10 nitrogen and oxygen atoms in total. The molecule has 0 radical (unpaired) electrons. The molecule has 0 bridgehead atoms. The Morgan fingerprint density at radius 2 is 1.70 bits per heavy atom. The van der Waals surface area contributed by atoms with Gasteiger partial charge in [-0.05, 0) is 48.4 Å². The fraction of sp³-hybridized carbons (Fsp3) is 0.381. The van der Waals surface area contributed by atoms with E-state index in [-0.39, 0.29) is 28.6 Å². The molecule has 1 fully saturated rings. The smallest absolute Gasteiger partial charge is 0.244 e. The number of benzene rings is 2. The van der Waals surface area contributed by atoms with Crippen LogP contribution in [0.25, 0.3) is 0 Å². The molecule has 1 atom stereocenters. The van der Waals surface area contributed by atoms with Gasteiger partial charge in [0, 0.05) is 6.54 Å². The predicted molar refractivity (Wildman–Crippen MR) is 122 cm³/mol. The molecular weight excluding hydrogens is 472 g/mol. The van der Waals surface area contributed by atoms with Crippen LogP contribution in [0, 0.1) is 5.92 Å². The first-order valence-corrected chi connectivity index (χ1v) is 13.1. The molecule has 2 aromatic carbocycles. The molecule has 1 aliphatic heterocycles. The zero-order chi connectivity index (χ0) is 24.4. The van der Waals surface area contributed by atoms with Gasteiger partial charge in [-0.3, -0.25) is 4.79 Å². The van der Waals surface area contributed by atoms with E-state index in [1.54, 1.807) is 18.2 Å². The molecule has 1 aliphatic rings. The number of methoxy groups -OCH3 is 3. The third-order valence-corrected chi connectivity index (χ3v) is 8.56. The number of amides is 1. The minimum absolute atomic E-state index is 0.0160. The molecular formula is C21H26N2O8S2. The highest BCUT2D eigenvalue weighted by Gasteiger charge is 2.42. The van der Waals surface area contributed by atoms with E-state index in [4.69, 9.17) is 14.2 Å². The van der Waals surface area contributed by atoms with Gasteiger partial charge in [0.25, 0.3) is 0 Å². The summed E-state index contributed by atoms with van der Waals surface area (Å²) in [5.41, 5.74) is 0.683. The number of anilines is 1. The molecule has 0 aliphatic carbocycles. The van der Waals surface area contributed by atoms with Crippen LogP contribution in [0.1, 0.15) is 12.5 Å². The van der Waals surface area contributed by atoms with Crippen molar-refractivity contribution in [3.05, 3.63) is 42.0 Å². The quantitative estimate of drug-likeness (QED) is 0.551. The molecule has 1 N–H and O–H groups in total. The van der Waals surface area contributed by atoms with Crippen LogP contribution < -0.4 is 23.2 Å². The summed E-state index contributed by atoms with van der Waals surface area (Å²) < 4.78 is 69.8. The van der Waals surface area contributed by atoms with Crippen LogP contribution in [0.15, 0.2) is 41.3 Å². The van der Waals surface area contributed by atoms with Crippen LogP contribution in [0.3, 0.4) is 0 Å². The van der Waals surface area contributed by atoms with Crippen molar-refractivity contribution in [1.82, 2.24) is 4.72 Å². The van der Waals surface area contributed by atoms with Gasteiger partial charge in [-0.2, -0.15) is 0 Å². The lowest BCUT2D eigenvalue weighted by Gasteiger charge is -2.18. The normalized spacial score (nSPS) is 17.8. The highest BCUT2D eigenvalue weighted by atomic mass is 32.2. The lowest BCUT2D eigenvalue weighted by Crippen LogP contribution is -2.31. The molecule has 33 heavy (non-hydrogen) atoms. The van der Waals surface area contributed by atoms with Gasteiger partial charge in [0.05, 0.1) is 38.7 Å². The first-order valence-electron chi connectivity index (χ1n) is 9.99. The average molecular weight is 499 g/mol. The number of hydrogen-bond acceptors (Lipinski definition) is 8. The number of sulfonamides is 2. The summed E-state index contributed by atoms with van der Waals surface area (Å²) in [6.07, 6.45) is 0.304. The van der Waals surface area contributed by atoms with Crippen molar-refractivity contribution < 1.29 is 35.8 Å². The van der Waals surface area contributed by atoms with Crippen molar-refractivity contribution in [3.8, 4) is 17.2 Å². The van der Waals surface area contributed by atoms with Crippen molar-refractivity contribution in [1.29, 1.82) is 0 Å². The molecule has 1 saturated heterocycles. The Balaban J connectivity index is 1.87. The van der Waals surface area contributed by atoms with Crippen molar-refractivity contribution in [2.45, 2.75) is 18.2 Å². The van der Waals surface area contributed by atoms with Gasteiger partial charge in [-0.1, -0.05) is 6.92 Å². The summed E-state index contributed by atoms with van der Waals surface area (Å²) in [7, 11) is -3.65. The van der Waals surface area contributed by atoms with Gasteiger partial charge in [0.15, 0.2) is 0 Å². The van der Waals surface area contributed by atoms with E-state index in [9.17, 15) is 21.6 Å². The largest absolute Gasteiger partial charge is 0.497 e. The monoisotopic (exact) mass is 498 g/mol. The predicted octanol–water partition coefficient (Wildman–Crippen LogP) is 1.55. The van der Waals surface area contributed by atoms with Gasteiger partial charge >= 0.3 is 0 Å². The maximum absolute atomic E-state index is 13.1. The van der Waals surface area contributed by atoms with E-state index < -0.39 is 31.9 Å². The fourth-order valence-corrected chi connectivity index (χ4v) is 6.59. The van der Waals surface area contributed by atoms with Crippen LogP contribution in [-0.4, -0.2) is 56.4 Å². The third-order valence-electron chi connectivity index (χ3n) is 5.21. The van der Waals surface area contributed by atoms with Crippen molar-refractivity contribution in [2.75, 3.05) is 37.9 Å². The van der Waals surface area contributed by atoms with E-state index in [1.807, 2.05) is 0 Å². The zero-order valence-corrected chi connectivity index (χ0v) is 20.3. The van der Waals surface area contributed by atoms with Crippen LogP contribution in [0.5, 0.6) is 17.2 Å². The Morgan fingerprint density at radius 1 is 1.03 bits per heavy atom. The molecule has 12 heteroatoms. The first-order chi connectivity index (χ1) is 15.5. The van der Waals surface area contributed by atoms with Gasteiger partial charge in [-0.25, -0.2) is 25.9 Å². The molecule has 3 rings (SSSR count). The number of nitrogens with one attached hydrogen (secondary N) is 1. The summed E-state index contributed by atoms with van der Waals surface area (Å²) in [6.45, 7) is 1.53. The van der Waals surface area contributed by atoms with Crippen LogP contribution >= 0.6 is 0 Å². The summed E-state index contributed by atoms with van der Waals surface area (Å²) in [5, 5.41) is 0. The highest BCUT2D eigenvalue weighted by molar-refractivity contribution is 7.94. The summed E-state index contributed by atoms with van der Waals surface area (Å²) in [6, 6.07) is 8.99. The lowest BCUT2D eigenvalue weighted by atomic mass is 10.1. The Kier molecular flexibility index (Phi) is 7.20. The molecule has 180 valence electrons. The molecule has 1 heterocycles. The number of rotatable bonds is 9. The minimum Gasteiger partial charge on any atom is -0.497 e. The molecule has 0 saturated carbocycles. The highest BCUT2D eigenvalue weighted by Crippen LogP contribution is 2.34. The zero-order valence-electron chi connectivity index (χ0n) is 18.7. The minimum atomic E-state index is -4.11. The van der Waals surface area contributed by atoms with Gasteiger partial charge < -0.3 is 14.2 Å². The topological polar surface area (TPSA) is 128 Å². The molecule has 1 amide bonds. The third kappa shape index (κ3) is 5.07.